The van der Waals surface area contributed by atoms with Gasteiger partial charge >= 0.3 is 5.97 Å². The summed E-state index contributed by atoms with van der Waals surface area (Å²) in [6, 6.07) is 7.72. The number of hydrogen-bond donors (Lipinski definition) is 1. The van der Waals surface area contributed by atoms with Gasteiger partial charge in [0.1, 0.15) is 6.54 Å². The summed E-state index contributed by atoms with van der Waals surface area (Å²) < 4.78 is 4.40. The van der Waals surface area contributed by atoms with E-state index >= 15 is 0 Å². The highest BCUT2D eigenvalue weighted by Gasteiger charge is 2.01. The van der Waals surface area contributed by atoms with Gasteiger partial charge in [0.15, 0.2) is 0 Å². The third kappa shape index (κ3) is 4.51. The van der Waals surface area contributed by atoms with Crippen LogP contribution in [0.1, 0.15) is 11.1 Å². The lowest BCUT2D eigenvalue weighted by Gasteiger charge is -2.00. The van der Waals surface area contributed by atoms with E-state index in [-0.39, 0.29) is 12.5 Å². The number of hydrogen-bond acceptors (Lipinski definition) is 3. The van der Waals surface area contributed by atoms with Crippen LogP contribution >= 0.6 is 0 Å². The van der Waals surface area contributed by atoms with Crippen LogP contribution in [0.3, 0.4) is 0 Å². The van der Waals surface area contributed by atoms with E-state index in [4.69, 9.17) is 0 Å². The first-order valence-corrected chi connectivity index (χ1v) is 5.22. The van der Waals surface area contributed by atoms with Gasteiger partial charge in [0.05, 0.1) is 7.11 Å². The maximum atomic E-state index is 11.3. The van der Waals surface area contributed by atoms with Gasteiger partial charge < -0.3 is 10.1 Å². The number of rotatable bonds is 4. The molecule has 0 heterocycles. The van der Waals surface area contributed by atoms with Gasteiger partial charge in [-0.05, 0) is 24.1 Å². The zero-order chi connectivity index (χ0) is 12.7. The number of carbonyl (C=O) groups is 2. The second kappa shape index (κ2) is 6.48. The third-order valence-electron chi connectivity index (χ3n) is 2.24. The second-order valence-corrected chi connectivity index (χ2v) is 3.48. The maximum Gasteiger partial charge on any atom is 0.325 e. The predicted octanol–water partition coefficient (Wildman–Crippen LogP) is 1.30. The summed E-state index contributed by atoms with van der Waals surface area (Å²) in [5, 5.41) is 2.42. The predicted molar refractivity (Wildman–Crippen MR) is 65.2 cm³/mol. The lowest BCUT2D eigenvalue weighted by Crippen LogP contribution is -2.28. The van der Waals surface area contributed by atoms with E-state index in [0.29, 0.717) is 0 Å². The summed E-state index contributed by atoms with van der Waals surface area (Å²) in [6.07, 6.45) is 3.10. The number of esters is 1. The van der Waals surface area contributed by atoms with Crippen molar-refractivity contribution in [1.29, 1.82) is 0 Å². The average molecular weight is 233 g/mol. The Balaban J connectivity index is 2.51. The van der Waals surface area contributed by atoms with Gasteiger partial charge in [-0.25, -0.2) is 0 Å². The van der Waals surface area contributed by atoms with Crippen molar-refractivity contribution < 1.29 is 14.3 Å². The Morgan fingerprint density at radius 3 is 2.71 bits per heavy atom. The van der Waals surface area contributed by atoms with Crippen molar-refractivity contribution in [2.45, 2.75) is 6.92 Å². The average Bonchev–Trinajstić information content (AvgIpc) is 2.35. The molecule has 90 valence electrons. The van der Waals surface area contributed by atoms with Crippen LogP contribution in [0.15, 0.2) is 30.3 Å². The van der Waals surface area contributed by atoms with E-state index in [2.05, 4.69) is 10.1 Å². The van der Waals surface area contributed by atoms with Gasteiger partial charge in [-0.3, -0.25) is 9.59 Å². The van der Waals surface area contributed by atoms with Crippen molar-refractivity contribution in [2.75, 3.05) is 13.7 Å². The summed E-state index contributed by atoms with van der Waals surface area (Å²) in [4.78, 5) is 22.1. The number of methoxy groups -OCH3 is 1. The Bertz CT molecular complexity index is 438. The van der Waals surface area contributed by atoms with E-state index in [1.54, 1.807) is 6.08 Å². The molecule has 1 aromatic rings. The summed E-state index contributed by atoms with van der Waals surface area (Å²) in [7, 11) is 1.28. The fraction of sp³-hybridized carbons (Fsp3) is 0.231. The minimum atomic E-state index is -0.470. The molecular formula is C13H15NO3. The molecule has 0 atom stereocenters. The molecule has 0 aromatic heterocycles. The van der Waals surface area contributed by atoms with Crippen LogP contribution in [0.25, 0.3) is 6.08 Å². The van der Waals surface area contributed by atoms with Crippen molar-refractivity contribution in [3.05, 3.63) is 41.5 Å². The molecular weight excluding hydrogens is 218 g/mol. The highest BCUT2D eigenvalue weighted by Crippen LogP contribution is 2.08. The molecule has 0 bridgehead atoms. The SMILES string of the molecule is COC(=O)CNC(=O)/C=C/c1ccccc1C. The van der Waals surface area contributed by atoms with Gasteiger partial charge in [-0.1, -0.05) is 24.3 Å². The molecule has 4 heteroatoms. The van der Waals surface area contributed by atoms with Gasteiger partial charge in [0.2, 0.25) is 5.91 Å². The van der Waals surface area contributed by atoms with Gasteiger partial charge in [-0.15, -0.1) is 0 Å². The van der Waals surface area contributed by atoms with Crippen molar-refractivity contribution in [2.24, 2.45) is 0 Å². The number of amides is 1. The minimum absolute atomic E-state index is 0.118. The molecule has 0 aliphatic heterocycles. The topological polar surface area (TPSA) is 55.4 Å². The molecule has 1 amide bonds. The summed E-state index contributed by atoms with van der Waals surface area (Å²) in [5.74, 6) is -0.790. The number of carbonyl (C=O) groups excluding carboxylic acids is 2. The molecule has 1 aromatic carbocycles. The summed E-state index contributed by atoms with van der Waals surface area (Å²) >= 11 is 0. The van der Waals surface area contributed by atoms with Crippen LogP contribution in [0.5, 0.6) is 0 Å². The maximum absolute atomic E-state index is 11.3. The summed E-state index contributed by atoms with van der Waals surface area (Å²) in [5.41, 5.74) is 2.06. The van der Waals surface area contributed by atoms with E-state index < -0.39 is 5.97 Å². The van der Waals surface area contributed by atoms with Crippen LogP contribution in [0.4, 0.5) is 0 Å². The van der Waals surface area contributed by atoms with Crippen molar-refractivity contribution in [3.8, 4) is 0 Å². The molecule has 0 unspecified atom stereocenters. The Morgan fingerprint density at radius 2 is 2.06 bits per heavy atom. The molecule has 4 nitrogen and oxygen atoms in total. The molecule has 17 heavy (non-hydrogen) atoms. The number of aryl methyl sites for hydroxylation is 1. The van der Waals surface area contributed by atoms with Gasteiger partial charge in [0, 0.05) is 6.08 Å². The largest absolute Gasteiger partial charge is 0.468 e. The number of ether oxygens (including phenoxy) is 1. The Hall–Kier alpha value is -2.10. The molecule has 0 spiro atoms. The van der Waals surface area contributed by atoms with E-state index in [9.17, 15) is 9.59 Å². The Labute approximate surface area is 100 Å². The fourth-order valence-corrected chi connectivity index (χ4v) is 1.23. The van der Waals surface area contributed by atoms with E-state index in [1.807, 2.05) is 31.2 Å². The molecule has 0 aliphatic rings. The molecule has 0 saturated carbocycles. The number of nitrogens with one attached hydrogen (secondary N) is 1. The lowest BCUT2D eigenvalue weighted by atomic mass is 10.1. The third-order valence-corrected chi connectivity index (χ3v) is 2.24. The Kier molecular flexibility index (Phi) is 4.94. The molecule has 1 rings (SSSR count). The quantitative estimate of drug-likeness (QED) is 0.630. The molecule has 0 fully saturated rings. The zero-order valence-electron chi connectivity index (χ0n) is 9.90. The smallest absolute Gasteiger partial charge is 0.325 e. The molecule has 0 aliphatic carbocycles. The van der Waals surface area contributed by atoms with Crippen LogP contribution in [-0.2, 0) is 14.3 Å². The fourth-order valence-electron chi connectivity index (χ4n) is 1.23. The second-order valence-electron chi connectivity index (χ2n) is 3.48. The van der Waals surface area contributed by atoms with Gasteiger partial charge in [0.25, 0.3) is 0 Å². The molecule has 1 N–H and O–H groups in total. The van der Waals surface area contributed by atoms with E-state index in [1.165, 1.54) is 13.2 Å². The van der Waals surface area contributed by atoms with E-state index in [0.717, 1.165) is 11.1 Å². The zero-order valence-corrected chi connectivity index (χ0v) is 9.90. The standard InChI is InChI=1S/C13H15NO3/c1-10-5-3-4-6-11(10)7-8-12(15)14-9-13(16)17-2/h3-8H,9H2,1-2H3,(H,14,15)/b8-7+. The highest BCUT2D eigenvalue weighted by molar-refractivity contribution is 5.93. The first-order chi connectivity index (χ1) is 8.13. The first kappa shape index (κ1) is 13.0. The van der Waals surface area contributed by atoms with Crippen LogP contribution in [0, 0.1) is 6.92 Å². The van der Waals surface area contributed by atoms with Crippen LogP contribution < -0.4 is 5.32 Å². The number of benzene rings is 1. The Morgan fingerprint density at radius 1 is 1.35 bits per heavy atom. The normalized spacial score (nSPS) is 10.2. The molecule has 0 radical (unpaired) electrons. The van der Waals surface area contributed by atoms with Crippen molar-refractivity contribution in [1.82, 2.24) is 5.32 Å². The molecule has 0 saturated heterocycles. The van der Waals surface area contributed by atoms with Gasteiger partial charge in [-0.2, -0.15) is 0 Å². The minimum Gasteiger partial charge on any atom is -0.468 e. The first-order valence-electron chi connectivity index (χ1n) is 5.22. The summed E-state index contributed by atoms with van der Waals surface area (Å²) in [6.45, 7) is 1.85. The van der Waals surface area contributed by atoms with Crippen LogP contribution in [-0.4, -0.2) is 25.5 Å². The lowest BCUT2D eigenvalue weighted by molar-refractivity contribution is -0.140. The highest BCUT2D eigenvalue weighted by atomic mass is 16.5. The van der Waals surface area contributed by atoms with Crippen LogP contribution in [0.2, 0.25) is 0 Å². The van der Waals surface area contributed by atoms with Crippen molar-refractivity contribution in [3.63, 3.8) is 0 Å². The monoisotopic (exact) mass is 233 g/mol. The van der Waals surface area contributed by atoms with Crippen molar-refractivity contribution >= 4 is 18.0 Å².